The van der Waals surface area contributed by atoms with Crippen molar-refractivity contribution in [3.63, 3.8) is 0 Å². The van der Waals surface area contributed by atoms with Crippen LogP contribution in [0.2, 0.25) is 0 Å². The van der Waals surface area contributed by atoms with Crippen molar-refractivity contribution in [2.45, 2.75) is 17.5 Å². The second-order valence-electron chi connectivity index (χ2n) is 7.35. The molecule has 0 bridgehead atoms. The Bertz CT molecular complexity index is 1170. The Balaban J connectivity index is 1.94. The molecule has 8 heteroatoms. The highest BCUT2D eigenvalue weighted by molar-refractivity contribution is 7.89. The molecule has 2 aromatic carbocycles. The number of pyridine rings is 1. The highest BCUT2D eigenvalue weighted by atomic mass is 32.2. The van der Waals surface area contributed by atoms with Gasteiger partial charge >= 0.3 is 0 Å². The summed E-state index contributed by atoms with van der Waals surface area (Å²) in [6.45, 7) is -0.276. The van der Waals surface area contributed by atoms with Gasteiger partial charge in [-0.1, -0.05) is 60.7 Å². The minimum absolute atomic E-state index is 0.0461. The van der Waals surface area contributed by atoms with E-state index in [2.05, 4.69) is 0 Å². The maximum Gasteiger partial charge on any atom is 0.251 e. The molecule has 7 nitrogen and oxygen atoms in total. The van der Waals surface area contributed by atoms with Crippen molar-refractivity contribution in [2.24, 2.45) is 0 Å². The third-order valence-corrected chi connectivity index (χ3v) is 6.85. The molecule has 31 heavy (non-hydrogen) atoms. The fraction of sp³-hybridized carbons (Fsp3) is 0.217. The average Bonchev–Trinajstić information content (AvgIpc) is 2.76. The first-order valence-electron chi connectivity index (χ1n) is 9.70. The monoisotopic (exact) mass is 439 g/mol. The van der Waals surface area contributed by atoms with Crippen LogP contribution in [0.4, 0.5) is 0 Å². The molecular formula is C23H25N3O4S. The number of rotatable bonds is 7. The topological polar surface area (TPSA) is 79.7 Å². The Morgan fingerprint density at radius 2 is 1.39 bits per heavy atom. The van der Waals surface area contributed by atoms with E-state index in [1.807, 2.05) is 60.7 Å². The lowest BCUT2D eigenvalue weighted by molar-refractivity contribution is -0.132. The summed E-state index contributed by atoms with van der Waals surface area (Å²) in [6.07, 6.45) is 1.21. The van der Waals surface area contributed by atoms with Crippen LogP contribution in [0.1, 0.15) is 17.2 Å². The van der Waals surface area contributed by atoms with Crippen molar-refractivity contribution in [3.05, 3.63) is 100 Å². The lowest BCUT2D eigenvalue weighted by atomic mass is 9.97. The van der Waals surface area contributed by atoms with Crippen LogP contribution < -0.4 is 5.56 Å². The summed E-state index contributed by atoms with van der Waals surface area (Å²) >= 11 is 0. The number of nitrogens with zero attached hydrogens (tertiary/aromatic N) is 3. The van der Waals surface area contributed by atoms with Gasteiger partial charge in [0.2, 0.25) is 15.9 Å². The zero-order chi connectivity index (χ0) is 22.6. The van der Waals surface area contributed by atoms with E-state index < -0.39 is 15.6 Å². The Kier molecular flexibility index (Phi) is 6.72. The van der Waals surface area contributed by atoms with E-state index in [4.69, 9.17) is 0 Å². The van der Waals surface area contributed by atoms with Crippen molar-refractivity contribution in [1.82, 2.24) is 13.8 Å². The number of likely N-dealkylation sites (N-methyl/N-ethyl adjacent to an activating group) is 1. The van der Waals surface area contributed by atoms with Crippen LogP contribution in [-0.2, 0) is 21.4 Å². The van der Waals surface area contributed by atoms with Crippen LogP contribution in [0.15, 0.2) is 88.7 Å². The molecule has 0 aliphatic rings. The third-order valence-electron chi connectivity index (χ3n) is 5.05. The van der Waals surface area contributed by atoms with Crippen molar-refractivity contribution < 1.29 is 13.2 Å². The summed E-state index contributed by atoms with van der Waals surface area (Å²) in [6, 6.07) is 21.3. The SMILES string of the molecule is CN(C(=O)Cn1cc(S(=O)(=O)N(C)C)ccc1=O)C(c1ccccc1)c1ccccc1. The van der Waals surface area contributed by atoms with Gasteiger partial charge in [0.1, 0.15) is 6.54 Å². The number of amides is 1. The van der Waals surface area contributed by atoms with E-state index in [1.54, 1.807) is 11.9 Å². The van der Waals surface area contributed by atoms with E-state index in [-0.39, 0.29) is 23.4 Å². The number of sulfonamides is 1. The summed E-state index contributed by atoms with van der Waals surface area (Å²) in [5.41, 5.74) is 1.41. The molecule has 1 amide bonds. The van der Waals surface area contributed by atoms with Gasteiger partial charge < -0.3 is 9.47 Å². The van der Waals surface area contributed by atoms with Crippen LogP contribution in [0.5, 0.6) is 0 Å². The molecule has 162 valence electrons. The Labute approximate surface area is 182 Å². The normalized spacial score (nSPS) is 11.6. The fourth-order valence-corrected chi connectivity index (χ4v) is 4.23. The number of benzene rings is 2. The van der Waals surface area contributed by atoms with Crippen LogP contribution in [-0.4, -0.2) is 49.2 Å². The molecule has 0 unspecified atom stereocenters. The second-order valence-corrected chi connectivity index (χ2v) is 9.50. The minimum atomic E-state index is -3.73. The van der Waals surface area contributed by atoms with Gasteiger partial charge in [-0.2, -0.15) is 0 Å². The number of carbonyl (C=O) groups is 1. The van der Waals surface area contributed by atoms with E-state index in [1.165, 1.54) is 26.4 Å². The molecule has 0 aliphatic carbocycles. The lowest BCUT2D eigenvalue weighted by Gasteiger charge is -2.29. The molecule has 0 radical (unpaired) electrons. The number of hydrogen-bond acceptors (Lipinski definition) is 4. The van der Waals surface area contributed by atoms with Gasteiger partial charge in [0, 0.05) is 33.4 Å². The van der Waals surface area contributed by atoms with E-state index in [0.29, 0.717) is 0 Å². The van der Waals surface area contributed by atoms with Crippen LogP contribution in [0, 0.1) is 0 Å². The van der Waals surface area contributed by atoms with Gasteiger partial charge in [0.15, 0.2) is 0 Å². The first kappa shape index (κ1) is 22.5. The van der Waals surface area contributed by atoms with E-state index in [9.17, 15) is 18.0 Å². The maximum atomic E-state index is 13.2. The summed E-state index contributed by atoms with van der Waals surface area (Å²) in [7, 11) is 0.775. The Morgan fingerprint density at radius 3 is 1.87 bits per heavy atom. The fourth-order valence-electron chi connectivity index (χ4n) is 3.31. The lowest BCUT2D eigenvalue weighted by Crippen LogP contribution is -2.37. The van der Waals surface area contributed by atoms with E-state index >= 15 is 0 Å². The number of hydrogen-bond donors (Lipinski definition) is 0. The van der Waals surface area contributed by atoms with Crippen molar-refractivity contribution in [2.75, 3.05) is 21.1 Å². The number of carbonyl (C=O) groups excluding carboxylic acids is 1. The third kappa shape index (κ3) is 4.92. The van der Waals surface area contributed by atoms with Gasteiger partial charge in [-0.25, -0.2) is 12.7 Å². The second kappa shape index (κ2) is 9.28. The largest absolute Gasteiger partial charge is 0.333 e. The van der Waals surface area contributed by atoms with Crippen LogP contribution >= 0.6 is 0 Å². The molecule has 0 atom stereocenters. The first-order chi connectivity index (χ1) is 14.7. The Morgan fingerprint density at radius 1 is 0.871 bits per heavy atom. The molecule has 3 aromatic rings. The van der Waals surface area contributed by atoms with Crippen LogP contribution in [0.25, 0.3) is 0 Å². The molecule has 0 spiro atoms. The van der Waals surface area contributed by atoms with Gasteiger partial charge in [-0.15, -0.1) is 0 Å². The molecule has 0 saturated carbocycles. The highest BCUT2D eigenvalue weighted by Crippen LogP contribution is 2.27. The Hall–Kier alpha value is -3.23. The summed E-state index contributed by atoms with van der Waals surface area (Å²) < 4.78 is 27.0. The zero-order valence-corrected chi connectivity index (χ0v) is 18.5. The molecule has 0 saturated heterocycles. The molecule has 1 heterocycles. The molecule has 3 rings (SSSR count). The van der Waals surface area contributed by atoms with Crippen LogP contribution in [0.3, 0.4) is 0 Å². The van der Waals surface area contributed by atoms with Crippen molar-refractivity contribution in [3.8, 4) is 0 Å². The molecule has 0 N–H and O–H groups in total. The van der Waals surface area contributed by atoms with Gasteiger partial charge in [0.25, 0.3) is 5.56 Å². The highest BCUT2D eigenvalue weighted by Gasteiger charge is 2.24. The standard InChI is InChI=1S/C23H25N3O4S/c1-24(2)31(29,30)20-14-15-21(27)26(16-20)17-22(28)25(3)23(18-10-6-4-7-11-18)19-12-8-5-9-13-19/h4-16,23H,17H2,1-3H3. The predicted molar refractivity (Wildman–Crippen MR) is 119 cm³/mol. The van der Waals surface area contributed by atoms with Crippen molar-refractivity contribution >= 4 is 15.9 Å². The minimum Gasteiger partial charge on any atom is -0.333 e. The summed E-state index contributed by atoms with van der Waals surface area (Å²) in [5, 5.41) is 0. The molecule has 0 fully saturated rings. The molecule has 0 aliphatic heterocycles. The maximum absolute atomic E-state index is 13.2. The molecular weight excluding hydrogens is 414 g/mol. The van der Waals surface area contributed by atoms with Gasteiger partial charge in [-0.3, -0.25) is 9.59 Å². The van der Waals surface area contributed by atoms with Gasteiger partial charge in [-0.05, 0) is 17.2 Å². The predicted octanol–water partition coefficient (Wildman–Crippen LogP) is 2.35. The number of aromatic nitrogens is 1. The van der Waals surface area contributed by atoms with E-state index in [0.717, 1.165) is 26.1 Å². The first-order valence-corrected chi connectivity index (χ1v) is 11.1. The molecule has 1 aromatic heterocycles. The quantitative estimate of drug-likeness (QED) is 0.566. The summed E-state index contributed by atoms with van der Waals surface area (Å²) in [5.74, 6) is -0.320. The average molecular weight is 440 g/mol. The van der Waals surface area contributed by atoms with Gasteiger partial charge in [0.05, 0.1) is 10.9 Å². The smallest absolute Gasteiger partial charge is 0.251 e. The zero-order valence-electron chi connectivity index (χ0n) is 17.7. The summed E-state index contributed by atoms with van der Waals surface area (Å²) in [4.78, 5) is 27.0. The van der Waals surface area contributed by atoms with Crippen molar-refractivity contribution in [1.29, 1.82) is 0 Å².